The zero-order valence-corrected chi connectivity index (χ0v) is 11.9. The maximum atomic E-state index is 5.77. The molecule has 0 radical (unpaired) electrons. The predicted molar refractivity (Wildman–Crippen MR) is 73.1 cm³/mol. The van der Waals surface area contributed by atoms with Crippen LogP contribution in [0.5, 0.6) is 5.75 Å². The van der Waals surface area contributed by atoms with E-state index in [2.05, 4.69) is 24.4 Å². The third-order valence-electron chi connectivity index (χ3n) is 3.43. The summed E-state index contributed by atoms with van der Waals surface area (Å²) in [5, 5.41) is 4.26. The summed E-state index contributed by atoms with van der Waals surface area (Å²) in [7, 11) is 3.60. The lowest BCUT2D eigenvalue weighted by Gasteiger charge is -2.27. The number of nitrogens with two attached hydrogens (primary N) is 1. The Balaban J connectivity index is 3.01. The quantitative estimate of drug-likeness (QED) is 0.551. The van der Waals surface area contributed by atoms with Gasteiger partial charge in [-0.15, -0.1) is 0 Å². The molecule has 1 unspecified atom stereocenters. The number of nitrogens with zero attached hydrogens (tertiary/aromatic N) is 2. The topological polar surface area (TPSA) is 65.1 Å². The smallest absolute Gasteiger partial charge is 0.161 e. The zero-order valence-electron chi connectivity index (χ0n) is 11.9. The number of hydrogen-bond acceptors (Lipinski definition) is 4. The highest BCUT2D eigenvalue weighted by atomic mass is 16.5. The van der Waals surface area contributed by atoms with E-state index < -0.39 is 0 Å². The van der Waals surface area contributed by atoms with Crippen molar-refractivity contribution in [1.29, 1.82) is 0 Å². The molecule has 3 N–H and O–H groups in total. The normalized spacial score (nSPS) is 13.0. The number of hydrogen-bond donors (Lipinski definition) is 2. The lowest BCUT2D eigenvalue weighted by molar-refractivity contribution is 0.296. The third kappa shape index (κ3) is 3.23. The summed E-state index contributed by atoms with van der Waals surface area (Å²) in [6.45, 7) is 4.41. The van der Waals surface area contributed by atoms with Crippen LogP contribution in [-0.4, -0.2) is 16.9 Å². The average molecular weight is 254 g/mol. The van der Waals surface area contributed by atoms with Crippen molar-refractivity contribution in [2.24, 2.45) is 18.8 Å². The monoisotopic (exact) mass is 254 g/mol. The lowest BCUT2D eigenvalue weighted by atomic mass is 9.88. The predicted octanol–water partition coefficient (Wildman–Crippen LogP) is 2.15. The molecule has 0 saturated carbocycles. The average Bonchev–Trinajstić information content (AvgIpc) is 2.73. The van der Waals surface area contributed by atoms with Crippen molar-refractivity contribution in [1.82, 2.24) is 15.2 Å². The van der Waals surface area contributed by atoms with Gasteiger partial charge in [-0.1, -0.05) is 26.7 Å². The molecule has 0 spiro atoms. The van der Waals surface area contributed by atoms with Gasteiger partial charge in [0.1, 0.15) is 0 Å². The molecule has 1 rings (SSSR count). The highest BCUT2D eigenvalue weighted by Crippen LogP contribution is 2.33. The minimum absolute atomic E-state index is 0.0901. The van der Waals surface area contributed by atoms with Crippen LogP contribution in [0.25, 0.3) is 0 Å². The molecule has 0 saturated heterocycles. The Morgan fingerprint density at radius 2 is 2.00 bits per heavy atom. The van der Waals surface area contributed by atoms with E-state index in [1.54, 1.807) is 13.3 Å². The molecule has 0 aliphatic carbocycles. The van der Waals surface area contributed by atoms with E-state index in [0.29, 0.717) is 5.92 Å². The summed E-state index contributed by atoms with van der Waals surface area (Å²) in [5.74, 6) is 7.08. The summed E-state index contributed by atoms with van der Waals surface area (Å²) < 4.78 is 7.23. The van der Waals surface area contributed by atoms with Crippen LogP contribution >= 0.6 is 0 Å². The molecule has 1 aromatic rings. The van der Waals surface area contributed by atoms with Crippen LogP contribution in [0.1, 0.15) is 51.3 Å². The number of aromatic nitrogens is 2. The maximum Gasteiger partial charge on any atom is 0.161 e. The Morgan fingerprint density at radius 1 is 1.39 bits per heavy atom. The van der Waals surface area contributed by atoms with E-state index in [0.717, 1.165) is 37.1 Å². The summed E-state index contributed by atoms with van der Waals surface area (Å²) >= 11 is 0. The van der Waals surface area contributed by atoms with E-state index in [1.165, 1.54) is 0 Å². The van der Waals surface area contributed by atoms with Gasteiger partial charge in [-0.2, -0.15) is 5.10 Å². The largest absolute Gasteiger partial charge is 0.493 e. The maximum absolute atomic E-state index is 5.77. The molecule has 5 heteroatoms. The standard InChI is InChI=1S/C13H26N4O/c1-5-7-10(8-6-2)12(16-14)13-11(18-4)9-15-17(13)3/h9-10,12,16H,5-8,14H2,1-4H3. The van der Waals surface area contributed by atoms with Crippen LogP contribution in [0.15, 0.2) is 6.20 Å². The summed E-state index contributed by atoms with van der Waals surface area (Å²) in [5.41, 5.74) is 3.98. The fraction of sp³-hybridized carbons (Fsp3) is 0.769. The molecule has 1 aromatic heterocycles. The van der Waals surface area contributed by atoms with Gasteiger partial charge >= 0.3 is 0 Å². The van der Waals surface area contributed by atoms with Gasteiger partial charge in [-0.3, -0.25) is 16.0 Å². The van der Waals surface area contributed by atoms with Gasteiger partial charge in [0, 0.05) is 7.05 Å². The molecule has 104 valence electrons. The number of aryl methyl sites for hydroxylation is 1. The molecule has 0 aromatic carbocycles. The summed E-state index contributed by atoms with van der Waals surface area (Å²) in [6, 6.07) is 0.0901. The van der Waals surface area contributed by atoms with Crippen LogP contribution in [0.4, 0.5) is 0 Å². The Bertz CT molecular complexity index is 345. The van der Waals surface area contributed by atoms with Gasteiger partial charge in [0.05, 0.1) is 25.0 Å². The van der Waals surface area contributed by atoms with Crippen LogP contribution in [0.3, 0.4) is 0 Å². The molecule has 5 nitrogen and oxygen atoms in total. The molecule has 1 heterocycles. The second-order valence-corrected chi connectivity index (χ2v) is 4.70. The number of ether oxygens (including phenoxy) is 1. The van der Waals surface area contributed by atoms with E-state index >= 15 is 0 Å². The lowest BCUT2D eigenvalue weighted by Crippen LogP contribution is -2.35. The molecule has 0 fully saturated rings. The van der Waals surface area contributed by atoms with Gasteiger partial charge < -0.3 is 4.74 Å². The molecule has 1 atom stereocenters. The SMILES string of the molecule is CCCC(CCC)C(NN)c1c(OC)cnn1C. The van der Waals surface area contributed by atoms with Crippen LogP contribution in [0.2, 0.25) is 0 Å². The first-order valence-corrected chi connectivity index (χ1v) is 6.71. The zero-order chi connectivity index (χ0) is 13.5. The van der Waals surface area contributed by atoms with Crippen molar-refractivity contribution in [3.63, 3.8) is 0 Å². The van der Waals surface area contributed by atoms with Gasteiger partial charge in [-0.05, 0) is 18.8 Å². The highest BCUT2D eigenvalue weighted by molar-refractivity contribution is 5.28. The fourth-order valence-corrected chi connectivity index (χ4v) is 2.60. The second kappa shape index (κ2) is 7.38. The molecule has 0 amide bonds. The van der Waals surface area contributed by atoms with Crippen molar-refractivity contribution in [2.45, 2.75) is 45.6 Å². The minimum atomic E-state index is 0.0901. The molecular formula is C13H26N4O. The third-order valence-corrected chi connectivity index (χ3v) is 3.43. The number of rotatable bonds is 8. The molecule has 0 aliphatic heterocycles. The first-order valence-electron chi connectivity index (χ1n) is 6.71. The van der Waals surface area contributed by atoms with E-state index in [9.17, 15) is 0 Å². The number of nitrogens with one attached hydrogen (secondary N) is 1. The van der Waals surface area contributed by atoms with Gasteiger partial charge in [-0.25, -0.2) is 0 Å². The second-order valence-electron chi connectivity index (χ2n) is 4.70. The van der Waals surface area contributed by atoms with Crippen molar-refractivity contribution in [3.8, 4) is 5.75 Å². The van der Waals surface area contributed by atoms with Crippen molar-refractivity contribution in [2.75, 3.05) is 7.11 Å². The molecule has 18 heavy (non-hydrogen) atoms. The molecule has 0 bridgehead atoms. The first kappa shape index (κ1) is 15.0. The first-order chi connectivity index (χ1) is 8.69. The van der Waals surface area contributed by atoms with E-state index in [-0.39, 0.29) is 6.04 Å². The Kier molecular flexibility index (Phi) is 6.15. The number of hydrazine groups is 1. The van der Waals surface area contributed by atoms with Gasteiger partial charge in [0.15, 0.2) is 5.75 Å². The van der Waals surface area contributed by atoms with Crippen molar-refractivity contribution >= 4 is 0 Å². The Morgan fingerprint density at radius 3 is 2.44 bits per heavy atom. The van der Waals surface area contributed by atoms with E-state index in [4.69, 9.17) is 10.6 Å². The minimum Gasteiger partial charge on any atom is -0.493 e. The fourth-order valence-electron chi connectivity index (χ4n) is 2.60. The van der Waals surface area contributed by atoms with E-state index in [1.807, 2.05) is 11.7 Å². The van der Waals surface area contributed by atoms with Gasteiger partial charge in [0.2, 0.25) is 0 Å². The summed E-state index contributed by atoms with van der Waals surface area (Å²) in [4.78, 5) is 0. The molecule has 0 aliphatic rings. The summed E-state index contributed by atoms with van der Waals surface area (Å²) in [6.07, 6.45) is 6.36. The van der Waals surface area contributed by atoms with Crippen molar-refractivity contribution in [3.05, 3.63) is 11.9 Å². The van der Waals surface area contributed by atoms with Crippen molar-refractivity contribution < 1.29 is 4.74 Å². The number of methoxy groups -OCH3 is 1. The highest BCUT2D eigenvalue weighted by Gasteiger charge is 2.26. The van der Waals surface area contributed by atoms with Gasteiger partial charge in [0.25, 0.3) is 0 Å². The van der Waals surface area contributed by atoms with Crippen LogP contribution < -0.4 is 16.0 Å². The molecular weight excluding hydrogens is 228 g/mol. The Hall–Kier alpha value is -1.07. The Labute approximate surface area is 110 Å². The van der Waals surface area contributed by atoms with Crippen LogP contribution in [0, 0.1) is 5.92 Å². The van der Waals surface area contributed by atoms with Crippen LogP contribution in [-0.2, 0) is 7.05 Å².